The summed E-state index contributed by atoms with van der Waals surface area (Å²) >= 11 is 12.3. The van der Waals surface area contributed by atoms with Gasteiger partial charge in [-0.25, -0.2) is 8.78 Å². The van der Waals surface area contributed by atoms with Gasteiger partial charge in [0.15, 0.2) is 0 Å². The quantitative estimate of drug-likeness (QED) is 0.565. The number of alkyl halides is 2. The third-order valence-corrected chi connectivity index (χ3v) is 3.79. The molecule has 0 aliphatic rings. The molecule has 0 nitrogen and oxygen atoms in total. The van der Waals surface area contributed by atoms with Crippen LogP contribution < -0.4 is 0 Å². The highest BCUT2D eigenvalue weighted by Gasteiger charge is 2.34. The molecule has 0 fully saturated rings. The number of hydrogen-bond acceptors (Lipinski definition) is 0. The van der Waals surface area contributed by atoms with Crippen LogP contribution in [0.4, 0.5) is 8.78 Å². The Morgan fingerprint density at radius 2 is 1.68 bits per heavy atom. The molecule has 2 rings (SSSR count). The molecule has 0 spiro atoms. The van der Waals surface area contributed by atoms with Gasteiger partial charge in [-0.15, -0.1) is 0 Å². The summed E-state index contributed by atoms with van der Waals surface area (Å²) in [4.78, 5) is 0. The molecule has 0 N–H and O–H groups in total. The van der Waals surface area contributed by atoms with Crippen LogP contribution >= 0.6 is 43.5 Å². The molecule has 99 valence electrons. The standard InChI is InChI=1S/C14H8Br2ClF2/c15-10-3-1-2-9(6-10)8-14(18,19)12-5-4-11(16)7-13(12)17/h1-8H. The van der Waals surface area contributed by atoms with Crippen LogP contribution in [0.15, 0.2) is 51.4 Å². The van der Waals surface area contributed by atoms with Crippen LogP contribution in [0.3, 0.4) is 0 Å². The third-order valence-electron chi connectivity index (χ3n) is 2.49. The Morgan fingerprint density at radius 3 is 2.32 bits per heavy atom. The second-order valence-corrected chi connectivity index (χ2v) is 6.19. The Kier molecular flexibility index (Phi) is 4.64. The van der Waals surface area contributed by atoms with Crippen LogP contribution in [0.5, 0.6) is 0 Å². The van der Waals surface area contributed by atoms with Crippen molar-refractivity contribution in [3.8, 4) is 0 Å². The lowest BCUT2D eigenvalue weighted by atomic mass is 10.0. The normalized spacial score (nSPS) is 11.6. The maximum atomic E-state index is 14.2. The molecular formula is C14H8Br2ClF2. The number of halogens is 5. The summed E-state index contributed by atoms with van der Waals surface area (Å²) in [5.41, 5.74) is 0.218. The monoisotopic (exact) mass is 407 g/mol. The lowest BCUT2D eigenvalue weighted by molar-refractivity contribution is 0.0368. The zero-order chi connectivity index (χ0) is 14.0. The first-order valence-electron chi connectivity index (χ1n) is 5.33. The van der Waals surface area contributed by atoms with Crippen molar-refractivity contribution in [1.29, 1.82) is 0 Å². The van der Waals surface area contributed by atoms with E-state index in [2.05, 4.69) is 31.9 Å². The molecule has 0 atom stereocenters. The van der Waals surface area contributed by atoms with Crippen LogP contribution in [0, 0.1) is 6.42 Å². The molecule has 0 heterocycles. The van der Waals surface area contributed by atoms with Crippen molar-refractivity contribution < 1.29 is 8.78 Å². The van der Waals surface area contributed by atoms with Crippen molar-refractivity contribution in [3.05, 3.63) is 74.0 Å². The van der Waals surface area contributed by atoms with E-state index in [4.69, 9.17) is 11.6 Å². The molecule has 0 unspecified atom stereocenters. The van der Waals surface area contributed by atoms with Crippen molar-refractivity contribution in [1.82, 2.24) is 0 Å². The van der Waals surface area contributed by atoms with Gasteiger partial charge < -0.3 is 0 Å². The summed E-state index contributed by atoms with van der Waals surface area (Å²) in [7, 11) is 0. The van der Waals surface area contributed by atoms with E-state index in [1.54, 1.807) is 30.3 Å². The second-order valence-electron chi connectivity index (χ2n) is 3.95. The first kappa shape index (κ1) is 14.9. The SMILES string of the molecule is FC(F)([CH]c1cccc(Br)c1)c1ccc(Br)cc1Cl. The molecule has 5 heteroatoms. The van der Waals surface area contributed by atoms with Crippen molar-refractivity contribution in [3.63, 3.8) is 0 Å². The molecule has 0 bridgehead atoms. The van der Waals surface area contributed by atoms with E-state index < -0.39 is 5.92 Å². The van der Waals surface area contributed by atoms with Gasteiger partial charge in [0.1, 0.15) is 0 Å². The molecule has 0 saturated carbocycles. The third kappa shape index (κ3) is 3.77. The van der Waals surface area contributed by atoms with Crippen molar-refractivity contribution in [2.75, 3.05) is 0 Å². The number of hydrogen-bond donors (Lipinski definition) is 0. The van der Waals surface area contributed by atoms with Crippen molar-refractivity contribution in [2.24, 2.45) is 0 Å². The highest BCUT2D eigenvalue weighted by Crippen LogP contribution is 2.39. The summed E-state index contributed by atoms with van der Waals surface area (Å²) in [6.45, 7) is 0. The molecule has 2 aromatic rings. The average molecular weight is 409 g/mol. The Morgan fingerprint density at radius 1 is 1.00 bits per heavy atom. The van der Waals surface area contributed by atoms with Gasteiger partial charge in [0.25, 0.3) is 5.92 Å². The molecule has 0 amide bonds. The Balaban J connectivity index is 2.31. The van der Waals surface area contributed by atoms with E-state index in [1.165, 1.54) is 12.1 Å². The highest BCUT2D eigenvalue weighted by atomic mass is 79.9. The van der Waals surface area contributed by atoms with Crippen LogP contribution in [-0.4, -0.2) is 0 Å². The lowest BCUT2D eigenvalue weighted by Gasteiger charge is -2.18. The molecule has 0 aliphatic heterocycles. The predicted molar refractivity (Wildman–Crippen MR) is 80.6 cm³/mol. The van der Waals surface area contributed by atoms with E-state index in [0.717, 1.165) is 10.9 Å². The van der Waals surface area contributed by atoms with Gasteiger partial charge in [-0.3, -0.25) is 0 Å². The van der Waals surface area contributed by atoms with Crippen LogP contribution in [0.2, 0.25) is 5.02 Å². The molecule has 19 heavy (non-hydrogen) atoms. The van der Waals surface area contributed by atoms with Gasteiger partial charge in [-0.2, -0.15) is 0 Å². The molecule has 2 aromatic carbocycles. The minimum absolute atomic E-state index is 0.0330. The van der Waals surface area contributed by atoms with Gasteiger partial charge >= 0.3 is 0 Å². The fourth-order valence-electron chi connectivity index (χ4n) is 1.64. The maximum Gasteiger partial charge on any atom is 0.282 e. The molecule has 0 aliphatic carbocycles. The van der Waals surface area contributed by atoms with E-state index in [-0.39, 0.29) is 10.6 Å². The van der Waals surface area contributed by atoms with E-state index in [1.807, 2.05) is 0 Å². The number of rotatable bonds is 3. The van der Waals surface area contributed by atoms with E-state index in [0.29, 0.717) is 10.0 Å². The summed E-state index contributed by atoms with van der Waals surface area (Å²) in [6.07, 6.45) is 0.896. The topological polar surface area (TPSA) is 0 Å². The fourth-order valence-corrected chi connectivity index (χ4v) is 2.86. The Hall–Kier alpha value is -0.450. The summed E-state index contributed by atoms with van der Waals surface area (Å²) in [5, 5.41) is 0.0330. The van der Waals surface area contributed by atoms with Crippen LogP contribution in [0.1, 0.15) is 11.1 Å². The molecule has 1 radical (unpaired) electrons. The smallest absolute Gasteiger partial charge is 0.201 e. The van der Waals surface area contributed by atoms with E-state index in [9.17, 15) is 8.78 Å². The molecular weight excluding hydrogens is 401 g/mol. The lowest BCUT2D eigenvalue weighted by Crippen LogP contribution is -2.15. The van der Waals surface area contributed by atoms with Gasteiger partial charge in [0.2, 0.25) is 0 Å². The molecule has 0 saturated heterocycles. The van der Waals surface area contributed by atoms with Gasteiger partial charge in [0.05, 0.1) is 11.4 Å². The van der Waals surface area contributed by atoms with E-state index >= 15 is 0 Å². The van der Waals surface area contributed by atoms with Gasteiger partial charge in [-0.05, 0) is 29.8 Å². The zero-order valence-electron chi connectivity index (χ0n) is 9.51. The second kappa shape index (κ2) is 5.90. The summed E-state index contributed by atoms with van der Waals surface area (Å²) < 4.78 is 29.8. The van der Waals surface area contributed by atoms with Crippen LogP contribution in [0.25, 0.3) is 0 Å². The zero-order valence-corrected chi connectivity index (χ0v) is 13.4. The van der Waals surface area contributed by atoms with Crippen molar-refractivity contribution >= 4 is 43.5 Å². The van der Waals surface area contributed by atoms with Crippen LogP contribution in [-0.2, 0) is 5.92 Å². The van der Waals surface area contributed by atoms with Gasteiger partial charge in [0, 0.05) is 14.5 Å². The minimum Gasteiger partial charge on any atom is -0.201 e. The summed E-state index contributed by atoms with van der Waals surface area (Å²) in [6, 6.07) is 11.0. The number of benzene rings is 2. The Bertz CT molecular complexity index is 600. The fraction of sp³-hybridized carbons (Fsp3) is 0.0714. The predicted octanol–water partition coefficient (Wildman–Crippen LogP) is 6.21. The maximum absolute atomic E-state index is 14.2. The van der Waals surface area contributed by atoms with Crippen molar-refractivity contribution in [2.45, 2.75) is 5.92 Å². The highest BCUT2D eigenvalue weighted by molar-refractivity contribution is 9.10. The molecule has 0 aromatic heterocycles. The Labute approximate surface area is 132 Å². The minimum atomic E-state index is -3.13. The largest absolute Gasteiger partial charge is 0.282 e. The first-order valence-corrected chi connectivity index (χ1v) is 7.30. The average Bonchev–Trinajstić information content (AvgIpc) is 2.27. The summed E-state index contributed by atoms with van der Waals surface area (Å²) in [5.74, 6) is -3.13. The van der Waals surface area contributed by atoms with Gasteiger partial charge in [-0.1, -0.05) is 61.7 Å². The first-order chi connectivity index (χ1) is 8.88.